The second-order valence-corrected chi connectivity index (χ2v) is 5.53. The van der Waals surface area contributed by atoms with Crippen molar-refractivity contribution in [3.05, 3.63) is 17.0 Å². The van der Waals surface area contributed by atoms with Gasteiger partial charge < -0.3 is 14.9 Å². The van der Waals surface area contributed by atoms with E-state index in [-0.39, 0.29) is 11.6 Å². The van der Waals surface area contributed by atoms with E-state index in [4.69, 9.17) is 9.63 Å². The van der Waals surface area contributed by atoms with Crippen LogP contribution in [-0.4, -0.2) is 28.2 Å². The van der Waals surface area contributed by atoms with Crippen LogP contribution in [0.3, 0.4) is 0 Å². The van der Waals surface area contributed by atoms with Crippen molar-refractivity contribution in [2.75, 3.05) is 0 Å². The summed E-state index contributed by atoms with van der Waals surface area (Å²) >= 11 is 0. The van der Waals surface area contributed by atoms with Gasteiger partial charge in [-0.1, -0.05) is 25.4 Å². The van der Waals surface area contributed by atoms with E-state index in [0.717, 1.165) is 43.4 Å². The standard InChI is InChI=1S/C14H20N2O4/c1-8(2)11(14(18)19)15-13(17)12-9-6-4-3-5-7-10(9)20-16-12/h8,11H,3-7H2,1-2H3,(H,15,17)(H,18,19). The van der Waals surface area contributed by atoms with Gasteiger partial charge in [-0.05, 0) is 25.2 Å². The Kier molecular flexibility index (Phi) is 4.42. The second kappa shape index (κ2) is 6.07. The largest absolute Gasteiger partial charge is 0.480 e. The lowest BCUT2D eigenvalue weighted by atomic mass is 10.0. The summed E-state index contributed by atoms with van der Waals surface area (Å²) in [7, 11) is 0. The van der Waals surface area contributed by atoms with E-state index in [0.29, 0.717) is 0 Å². The quantitative estimate of drug-likeness (QED) is 0.820. The van der Waals surface area contributed by atoms with Crippen molar-refractivity contribution in [2.45, 2.75) is 52.0 Å². The monoisotopic (exact) mass is 280 g/mol. The van der Waals surface area contributed by atoms with Crippen LogP contribution in [0, 0.1) is 5.92 Å². The number of carbonyl (C=O) groups excluding carboxylic acids is 1. The van der Waals surface area contributed by atoms with Crippen LogP contribution in [0.2, 0.25) is 0 Å². The third-order valence-corrected chi connectivity index (χ3v) is 3.63. The minimum Gasteiger partial charge on any atom is -0.480 e. The molecule has 0 bridgehead atoms. The number of nitrogens with one attached hydrogen (secondary N) is 1. The van der Waals surface area contributed by atoms with Crippen molar-refractivity contribution in [2.24, 2.45) is 5.92 Å². The number of aliphatic carboxylic acids is 1. The van der Waals surface area contributed by atoms with E-state index in [1.165, 1.54) is 0 Å². The first-order chi connectivity index (χ1) is 9.50. The molecule has 1 aliphatic rings. The summed E-state index contributed by atoms with van der Waals surface area (Å²) in [5.41, 5.74) is 1.08. The Hall–Kier alpha value is -1.85. The average Bonchev–Trinajstić information content (AvgIpc) is 2.64. The fraction of sp³-hybridized carbons (Fsp3) is 0.643. The minimum atomic E-state index is -1.04. The molecule has 0 aromatic carbocycles. The van der Waals surface area contributed by atoms with Gasteiger partial charge in [0.2, 0.25) is 0 Å². The smallest absolute Gasteiger partial charge is 0.326 e. The van der Waals surface area contributed by atoms with Gasteiger partial charge in [-0.15, -0.1) is 0 Å². The van der Waals surface area contributed by atoms with Crippen LogP contribution in [-0.2, 0) is 17.6 Å². The Balaban J connectivity index is 2.17. The lowest BCUT2D eigenvalue weighted by Crippen LogP contribution is -2.44. The van der Waals surface area contributed by atoms with Gasteiger partial charge in [-0.25, -0.2) is 4.79 Å². The highest BCUT2D eigenvalue weighted by Crippen LogP contribution is 2.23. The number of fused-ring (bicyclic) bond motifs is 1. The number of rotatable bonds is 4. The van der Waals surface area contributed by atoms with Crippen LogP contribution >= 0.6 is 0 Å². The zero-order valence-electron chi connectivity index (χ0n) is 11.8. The molecule has 6 nitrogen and oxygen atoms in total. The van der Waals surface area contributed by atoms with Gasteiger partial charge >= 0.3 is 5.97 Å². The lowest BCUT2D eigenvalue weighted by molar-refractivity contribution is -0.140. The molecular weight excluding hydrogens is 260 g/mol. The summed E-state index contributed by atoms with van der Waals surface area (Å²) < 4.78 is 5.23. The molecule has 6 heteroatoms. The summed E-state index contributed by atoms with van der Waals surface area (Å²) in [6.07, 6.45) is 4.70. The van der Waals surface area contributed by atoms with Crippen molar-refractivity contribution in [1.82, 2.24) is 10.5 Å². The molecule has 0 spiro atoms. The number of amides is 1. The van der Waals surface area contributed by atoms with E-state index >= 15 is 0 Å². The zero-order chi connectivity index (χ0) is 14.7. The number of hydrogen-bond donors (Lipinski definition) is 2. The summed E-state index contributed by atoms with van der Waals surface area (Å²) in [5.74, 6) is -0.924. The summed E-state index contributed by atoms with van der Waals surface area (Å²) in [5, 5.41) is 15.5. The first-order valence-electron chi connectivity index (χ1n) is 7.01. The van der Waals surface area contributed by atoms with Gasteiger partial charge in [0.05, 0.1) is 0 Å². The maximum atomic E-state index is 12.2. The molecule has 110 valence electrons. The summed E-state index contributed by atoms with van der Waals surface area (Å²) in [4.78, 5) is 23.3. The molecule has 1 amide bonds. The number of carboxylic acid groups (broad SMARTS) is 1. The highest BCUT2D eigenvalue weighted by Gasteiger charge is 2.28. The first-order valence-corrected chi connectivity index (χ1v) is 7.01. The van der Waals surface area contributed by atoms with E-state index in [1.807, 2.05) is 0 Å². The van der Waals surface area contributed by atoms with E-state index < -0.39 is 17.9 Å². The summed E-state index contributed by atoms with van der Waals surface area (Å²) in [6, 6.07) is -0.916. The molecule has 1 heterocycles. The average molecular weight is 280 g/mol. The highest BCUT2D eigenvalue weighted by atomic mass is 16.5. The number of carbonyl (C=O) groups is 2. The van der Waals surface area contributed by atoms with Crippen LogP contribution in [0.15, 0.2) is 4.52 Å². The third kappa shape index (κ3) is 3.00. The zero-order valence-corrected chi connectivity index (χ0v) is 11.8. The Morgan fingerprint density at radius 1 is 1.25 bits per heavy atom. The van der Waals surface area contributed by atoms with Crippen LogP contribution in [0.1, 0.15) is 54.9 Å². The van der Waals surface area contributed by atoms with E-state index in [2.05, 4.69) is 10.5 Å². The maximum absolute atomic E-state index is 12.2. The topological polar surface area (TPSA) is 92.4 Å². The normalized spacial score (nSPS) is 16.4. The predicted octanol–water partition coefficient (Wildman–Crippen LogP) is 1.78. The molecule has 0 radical (unpaired) electrons. The van der Waals surface area contributed by atoms with Crippen molar-refractivity contribution in [3.63, 3.8) is 0 Å². The Morgan fingerprint density at radius 3 is 2.60 bits per heavy atom. The molecule has 0 fully saturated rings. The molecule has 2 rings (SSSR count). The Labute approximate surface area is 117 Å². The first kappa shape index (κ1) is 14.6. The van der Waals surface area contributed by atoms with Gasteiger partial charge in [0.1, 0.15) is 11.8 Å². The van der Waals surface area contributed by atoms with Crippen molar-refractivity contribution in [3.8, 4) is 0 Å². The van der Waals surface area contributed by atoms with Crippen molar-refractivity contribution < 1.29 is 19.2 Å². The molecule has 1 atom stereocenters. The maximum Gasteiger partial charge on any atom is 0.326 e. The number of nitrogens with zero attached hydrogens (tertiary/aromatic N) is 1. The van der Waals surface area contributed by atoms with Gasteiger partial charge in [0, 0.05) is 12.0 Å². The van der Waals surface area contributed by atoms with Gasteiger partial charge in [-0.3, -0.25) is 4.79 Å². The fourth-order valence-electron chi connectivity index (χ4n) is 2.46. The molecule has 0 aliphatic heterocycles. The second-order valence-electron chi connectivity index (χ2n) is 5.53. The fourth-order valence-corrected chi connectivity index (χ4v) is 2.46. The molecule has 0 saturated carbocycles. The molecule has 1 aromatic rings. The Bertz CT molecular complexity index is 507. The van der Waals surface area contributed by atoms with Crippen LogP contribution in [0.5, 0.6) is 0 Å². The molecule has 1 aromatic heterocycles. The van der Waals surface area contributed by atoms with E-state index in [9.17, 15) is 9.59 Å². The molecule has 0 saturated heterocycles. The molecule has 1 aliphatic carbocycles. The van der Waals surface area contributed by atoms with Crippen molar-refractivity contribution in [1.29, 1.82) is 0 Å². The third-order valence-electron chi connectivity index (χ3n) is 3.63. The lowest BCUT2D eigenvalue weighted by Gasteiger charge is -2.17. The number of aryl methyl sites for hydroxylation is 1. The molecule has 20 heavy (non-hydrogen) atoms. The SMILES string of the molecule is CC(C)C(NC(=O)c1noc2c1CCCCC2)C(=O)O. The number of hydrogen-bond acceptors (Lipinski definition) is 4. The minimum absolute atomic E-state index is 0.193. The number of aromatic nitrogens is 1. The van der Waals surface area contributed by atoms with Gasteiger partial charge in [0.15, 0.2) is 5.69 Å². The van der Waals surface area contributed by atoms with Gasteiger partial charge in [-0.2, -0.15) is 0 Å². The molecule has 1 unspecified atom stereocenters. The summed E-state index contributed by atoms with van der Waals surface area (Å²) in [6.45, 7) is 3.50. The number of carboxylic acids is 1. The van der Waals surface area contributed by atoms with Crippen molar-refractivity contribution >= 4 is 11.9 Å². The van der Waals surface area contributed by atoms with Crippen LogP contribution < -0.4 is 5.32 Å². The molecule has 2 N–H and O–H groups in total. The highest BCUT2D eigenvalue weighted by molar-refractivity contribution is 5.96. The van der Waals surface area contributed by atoms with Crippen LogP contribution in [0.25, 0.3) is 0 Å². The van der Waals surface area contributed by atoms with E-state index in [1.54, 1.807) is 13.8 Å². The van der Waals surface area contributed by atoms with Crippen LogP contribution in [0.4, 0.5) is 0 Å². The van der Waals surface area contributed by atoms with Gasteiger partial charge in [0.25, 0.3) is 5.91 Å². The predicted molar refractivity (Wildman–Crippen MR) is 71.5 cm³/mol. The Morgan fingerprint density at radius 2 is 1.95 bits per heavy atom. The molecular formula is C14H20N2O4.